The summed E-state index contributed by atoms with van der Waals surface area (Å²) in [7, 11) is 1.57. The van der Waals surface area contributed by atoms with E-state index in [2.05, 4.69) is 50.2 Å². The van der Waals surface area contributed by atoms with Crippen molar-refractivity contribution in [3.63, 3.8) is 0 Å². The molecule has 110 valence electrons. The minimum Gasteiger partial charge on any atom is -0.478 e. The first-order valence-corrected chi connectivity index (χ1v) is 7.98. The second-order valence-electron chi connectivity index (χ2n) is 5.76. The Bertz CT molecular complexity index is 461. The summed E-state index contributed by atoms with van der Waals surface area (Å²) >= 11 is 1.85. The van der Waals surface area contributed by atoms with Gasteiger partial charge in [0.15, 0.2) is 0 Å². The minimum absolute atomic E-state index is 0.0787. The molecule has 0 radical (unpaired) electrons. The highest BCUT2D eigenvalue weighted by Gasteiger charge is 2.48. The van der Waals surface area contributed by atoms with Gasteiger partial charge in [-0.2, -0.15) is 0 Å². The van der Waals surface area contributed by atoms with Gasteiger partial charge in [-0.05, 0) is 25.0 Å². The zero-order valence-electron chi connectivity index (χ0n) is 12.6. The zero-order chi connectivity index (χ0) is 14.6. The predicted molar refractivity (Wildman–Crippen MR) is 84.0 cm³/mol. The summed E-state index contributed by atoms with van der Waals surface area (Å²) < 4.78 is 5.78. The van der Waals surface area contributed by atoms with Crippen LogP contribution >= 0.6 is 11.8 Å². The molecule has 0 bridgehead atoms. The Labute approximate surface area is 125 Å². The summed E-state index contributed by atoms with van der Waals surface area (Å²) in [5.74, 6) is 2.71. The summed E-state index contributed by atoms with van der Waals surface area (Å²) in [6.07, 6.45) is 0. The van der Waals surface area contributed by atoms with Crippen LogP contribution in [0.1, 0.15) is 20.8 Å². The summed E-state index contributed by atoms with van der Waals surface area (Å²) in [6.45, 7) is 7.45. The van der Waals surface area contributed by atoms with Crippen LogP contribution in [0, 0.1) is 17.3 Å². The summed E-state index contributed by atoms with van der Waals surface area (Å²) in [6, 6.07) is 10.5. The number of benzene rings is 1. The van der Waals surface area contributed by atoms with Gasteiger partial charge < -0.3 is 9.57 Å². The number of ether oxygens (including phenoxy) is 1. The third-order valence-electron chi connectivity index (χ3n) is 3.97. The summed E-state index contributed by atoms with van der Waals surface area (Å²) in [5, 5.41) is 4.10. The van der Waals surface area contributed by atoms with Crippen LogP contribution in [0.4, 0.5) is 0 Å². The Kier molecular flexibility index (Phi) is 4.97. The highest BCUT2D eigenvalue weighted by molar-refractivity contribution is 7.99. The predicted octanol–water partition coefficient (Wildman–Crippen LogP) is 4.05. The van der Waals surface area contributed by atoms with E-state index >= 15 is 0 Å². The van der Waals surface area contributed by atoms with Gasteiger partial charge in [0.05, 0.1) is 12.0 Å². The molecule has 1 saturated heterocycles. The molecule has 1 fully saturated rings. The second kappa shape index (κ2) is 6.53. The molecule has 2 atom stereocenters. The van der Waals surface area contributed by atoms with Gasteiger partial charge in [-0.3, -0.25) is 0 Å². The van der Waals surface area contributed by atoms with Gasteiger partial charge in [0.1, 0.15) is 7.11 Å². The SMILES string of the molecule is CO/N=C1\OC[C@H](C(C)C)[C@@]1(C)CSc1ccccc1. The number of thioether (sulfide) groups is 1. The molecule has 1 aliphatic heterocycles. The van der Waals surface area contributed by atoms with Crippen molar-refractivity contribution in [1.29, 1.82) is 0 Å². The van der Waals surface area contributed by atoms with Crippen LogP contribution in [-0.4, -0.2) is 25.4 Å². The van der Waals surface area contributed by atoms with Crippen molar-refractivity contribution in [3.05, 3.63) is 30.3 Å². The number of hydrogen-bond acceptors (Lipinski definition) is 4. The Balaban J connectivity index is 2.16. The molecule has 1 heterocycles. The van der Waals surface area contributed by atoms with E-state index in [4.69, 9.17) is 9.57 Å². The minimum atomic E-state index is -0.0787. The third-order valence-corrected chi connectivity index (χ3v) is 5.32. The fourth-order valence-corrected chi connectivity index (χ4v) is 3.89. The van der Waals surface area contributed by atoms with Crippen molar-refractivity contribution in [2.45, 2.75) is 25.7 Å². The second-order valence-corrected chi connectivity index (χ2v) is 6.81. The van der Waals surface area contributed by atoms with Gasteiger partial charge in [0.2, 0.25) is 5.90 Å². The fraction of sp³-hybridized carbons (Fsp3) is 0.562. The van der Waals surface area contributed by atoms with E-state index < -0.39 is 0 Å². The number of oxime groups is 1. The van der Waals surface area contributed by atoms with Gasteiger partial charge in [0.25, 0.3) is 0 Å². The maximum Gasteiger partial charge on any atom is 0.232 e. The van der Waals surface area contributed by atoms with Crippen LogP contribution in [0.5, 0.6) is 0 Å². The molecule has 1 aromatic rings. The Morgan fingerprint density at radius 1 is 1.40 bits per heavy atom. The molecule has 4 heteroatoms. The lowest BCUT2D eigenvalue weighted by atomic mass is 9.75. The van der Waals surface area contributed by atoms with Gasteiger partial charge >= 0.3 is 0 Å². The molecule has 1 aromatic carbocycles. The van der Waals surface area contributed by atoms with E-state index in [-0.39, 0.29) is 5.41 Å². The maximum atomic E-state index is 5.78. The third kappa shape index (κ3) is 3.11. The first-order chi connectivity index (χ1) is 9.58. The van der Waals surface area contributed by atoms with E-state index in [1.54, 1.807) is 7.11 Å². The van der Waals surface area contributed by atoms with Crippen LogP contribution in [0.3, 0.4) is 0 Å². The smallest absolute Gasteiger partial charge is 0.232 e. The number of hydrogen-bond donors (Lipinski definition) is 0. The van der Waals surface area contributed by atoms with Crippen molar-refractivity contribution < 1.29 is 9.57 Å². The number of rotatable bonds is 5. The van der Waals surface area contributed by atoms with E-state index in [0.29, 0.717) is 11.8 Å². The molecule has 20 heavy (non-hydrogen) atoms. The lowest BCUT2D eigenvalue weighted by Crippen LogP contribution is -2.35. The molecule has 0 aliphatic carbocycles. The average molecular weight is 293 g/mol. The molecule has 1 aliphatic rings. The van der Waals surface area contributed by atoms with Crippen molar-refractivity contribution in [2.75, 3.05) is 19.5 Å². The van der Waals surface area contributed by atoms with E-state index in [0.717, 1.165) is 18.3 Å². The topological polar surface area (TPSA) is 30.8 Å². The largest absolute Gasteiger partial charge is 0.478 e. The quantitative estimate of drug-likeness (QED) is 0.606. The first-order valence-electron chi connectivity index (χ1n) is 7.00. The molecule has 0 spiro atoms. The zero-order valence-corrected chi connectivity index (χ0v) is 13.4. The monoisotopic (exact) mass is 293 g/mol. The van der Waals surface area contributed by atoms with Crippen LogP contribution in [0.2, 0.25) is 0 Å². The van der Waals surface area contributed by atoms with Crippen molar-refractivity contribution in [3.8, 4) is 0 Å². The van der Waals surface area contributed by atoms with Crippen molar-refractivity contribution >= 4 is 17.7 Å². The number of nitrogens with zero attached hydrogens (tertiary/aromatic N) is 1. The lowest BCUT2D eigenvalue weighted by molar-refractivity contribution is 0.193. The van der Waals surface area contributed by atoms with Crippen LogP contribution in [-0.2, 0) is 9.57 Å². The van der Waals surface area contributed by atoms with Crippen LogP contribution in [0.25, 0.3) is 0 Å². The Morgan fingerprint density at radius 3 is 2.70 bits per heavy atom. The summed E-state index contributed by atoms with van der Waals surface area (Å²) in [5.41, 5.74) is -0.0787. The average Bonchev–Trinajstić information content (AvgIpc) is 2.76. The standard InChI is InChI=1S/C16H23NO2S/c1-12(2)14-10-19-15(17-18-4)16(14,3)11-20-13-8-6-5-7-9-13/h5-9,12,14H,10-11H2,1-4H3/b17-15-/t14-,16-/m1/s1. The molecule has 3 nitrogen and oxygen atoms in total. The van der Waals surface area contributed by atoms with Gasteiger partial charge in [0, 0.05) is 16.6 Å². The summed E-state index contributed by atoms with van der Waals surface area (Å²) in [4.78, 5) is 6.23. The maximum absolute atomic E-state index is 5.78. The molecule has 0 aromatic heterocycles. The molecular weight excluding hydrogens is 270 g/mol. The molecule has 0 saturated carbocycles. The molecule has 0 amide bonds. The van der Waals surface area contributed by atoms with Gasteiger partial charge in [-0.25, -0.2) is 0 Å². The van der Waals surface area contributed by atoms with Crippen molar-refractivity contribution in [2.24, 2.45) is 22.4 Å². The first kappa shape index (κ1) is 15.2. The van der Waals surface area contributed by atoms with Crippen LogP contribution < -0.4 is 0 Å². The highest BCUT2D eigenvalue weighted by Crippen LogP contribution is 2.44. The van der Waals surface area contributed by atoms with Crippen molar-refractivity contribution in [1.82, 2.24) is 0 Å². The van der Waals surface area contributed by atoms with Gasteiger partial charge in [-0.1, -0.05) is 37.2 Å². The van der Waals surface area contributed by atoms with E-state index in [9.17, 15) is 0 Å². The lowest BCUT2D eigenvalue weighted by Gasteiger charge is -2.30. The van der Waals surface area contributed by atoms with E-state index in [1.165, 1.54) is 4.90 Å². The van der Waals surface area contributed by atoms with Crippen LogP contribution in [0.15, 0.2) is 40.4 Å². The highest BCUT2D eigenvalue weighted by atomic mass is 32.2. The molecule has 0 unspecified atom stereocenters. The molecule has 0 N–H and O–H groups in total. The Hall–Kier alpha value is -1.16. The fourth-order valence-electron chi connectivity index (χ4n) is 2.74. The van der Waals surface area contributed by atoms with Gasteiger partial charge in [-0.15, -0.1) is 11.8 Å². The van der Waals surface area contributed by atoms with E-state index in [1.807, 2.05) is 17.8 Å². The molecule has 2 rings (SSSR count). The normalized spacial score (nSPS) is 27.9. The molecular formula is C16H23NO2S. The Morgan fingerprint density at radius 2 is 2.10 bits per heavy atom.